The van der Waals surface area contributed by atoms with Crippen LogP contribution in [0.2, 0.25) is 0 Å². The van der Waals surface area contributed by atoms with E-state index in [1.165, 1.54) is 0 Å². The molecule has 1 rings (SSSR count). The Balaban J connectivity index is 3.16. The molecule has 12 heavy (non-hydrogen) atoms. The van der Waals surface area contributed by atoms with Crippen molar-refractivity contribution in [1.29, 1.82) is 0 Å². The monoisotopic (exact) mass is 163 g/mol. The van der Waals surface area contributed by atoms with Crippen molar-refractivity contribution < 1.29 is 0 Å². The van der Waals surface area contributed by atoms with Gasteiger partial charge in [0, 0.05) is 12.8 Å². The van der Waals surface area contributed by atoms with Gasteiger partial charge in [0.15, 0.2) is 0 Å². The fourth-order valence-electron chi connectivity index (χ4n) is 0.999. The lowest BCUT2D eigenvalue weighted by molar-refractivity contribution is 0.760. The minimum absolute atomic E-state index is 0.882. The number of rotatable bonds is 2. The summed E-state index contributed by atoms with van der Waals surface area (Å²) in [6.07, 6.45) is 3.50. The van der Waals surface area contributed by atoms with Gasteiger partial charge < -0.3 is 0 Å². The van der Waals surface area contributed by atoms with Gasteiger partial charge in [-0.25, -0.2) is 0 Å². The van der Waals surface area contributed by atoms with E-state index in [1.54, 1.807) is 17.0 Å². The summed E-state index contributed by atoms with van der Waals surface area (Å²) >= 11 is 0. The zero-order valence-electron chi connectivity index (χ0n) is 7.70. The first-order valence-corrected chi connectivity index (χ1v) is 3.81. The predicted molar refractivity (Wildman–Crippen MR) is 51.7 cm³/mol. The minimum Gasteiger partial charge on any atom is -0.266 e. The largest absolute Gasteiger partial charge is 0.266 e. The number of aryl methyl sites for hydroxylation is 1. The summed E-state index contributed by atoms with van der Waals surface area (Å²) in [7, 11) is 1.88. The first kappa shape index (κ1) is 8.71. The van der Waals surface area contributed by atoms with Crippen LogP contribution >= 0.6 is 0 Å². The molecule has 0 amide bonds. The van der Waals surface area contributed by atoms with Crippen LogP contribution in [0.1, 0.15) is 19.5 Å². The Hall–Kier alpha value is -1.38. The van der Waals surface area contributed by atoms with E-state index in [1.807, 2.05) is 20.9 Å². The van der Waals surface area contributed by atoms with Crippen LogP contribution in [0.4, 0.5) is 5.69 Å². The lowest BCUT2D eigenvalue weighted by Gasteiger charge is -1.95. The smallest absolute Gasteiger partial charge is 0.108 e. The highest BCUT2D eigenvalue weighted by atomic mass is 15.3. The van der Waals surface area contributed by atoms with Crippen LogP contribution in [0, 0.1) is 0 Å². The van der Waals surface area contributed by atoms with Crippen molar-refractivity contribution in [3.8, 4) is 0 Å². The first-order chi connectivity index (χ1) is 5.65. The molecule has 64 valence electrons. The molecule has 1 aromatic heterocycles. The van der Waals surface area contributed by atoms with Crippen LogP contribution < -0.4 is 0 Å². The third kappa shape index (κ3) is 1.61. The highest BCUT2D eigenvalue weighted by Gasteiger charge is 2.02. The van der Waals surface area contributed by atoms with Gasteiger partial charge in [-0.1, -0.05) is 6.58 Å². The Labute approximate surface area is 72.4 Å². The van der Waals surface area contributed by atoms with Crippen LogP contribution in [0.3, 0.4) is 0 Å². The normalized spacial score (nSPS) is 9.58. The van der Waals surface area contributed by atoms with E-state index in [0.717, 1.165) is 17.1 Å². The highest BCUT2D eigenvalue weighted by molar-refractivity contribution is 5.83. The quantitative estimate of drug-likeness (QED) is 0.614. The number of aliphatic imine (C=N–C) groups is 1. The van der Waals surface area contributed by atoms with Crippen LogP contribution in [0.25, 0.3) is 6.08 Å². The summed E-state index contributed by atoms with van der Waals surface area (Å²) in [5.41, 5.74) is 2.86. The predicted octanol–water partition coefficient (Wildman–Crippen LogP) is 2.18. The molecule has 0 N–H and O–H groups in total. The Kier molecular flexibility index (Phi) is 2.43. The Morgan fingerprint density at radius 1 is 1.67 bits per heavy atom. The molecule has 0 spiro atoms. The van der Waals surface area contributed by atoms with Gasteiger partial charge in [-0.2, -0.15) is 5.10 Å². The van der Waals surface area contributed by atoms with Gasteiger partial charge in [-0.3, -0.25) is 9.67 Å². The van der Waals surface area contributed by atoms with Crippen molar-refractivity contribution in [3.05, 3.63) is 18.5 Å². The maximum absolute atomic E-state index is 4.31. The van der Waals surface area contributed by atoms with Crippen molar-refractivity contribution in [1.82, 2.24) is 9.78 Å². The number of nitrogens with zero attached hydrogens (tertiary/aromatic N) is 3. The standard InChI is InChI=1S/C9H13N3/c1-5-9-8(11-7(2)3)6-10-12(9)4/h5-6H,1H2,2-4H3. The van der Waals surface area contributed by atoms with Crippen LogP contribution in [0.15, 0.2) is 17.8 Å². The molecule has 0 unspecified atom stereocenters. The molecule has 0 bridgehead atoms. The summed E-state index contributed by atoms with van der Waals surface area (Å²) in [6.45, 7) is 7.62. The molecule has 0 fully saturated rings. The maximum Gasteiger partial charge on any atom is 0.108 e. The second-order valence-electron chi connectivity index (χ2n) is 2.80. The van der Waals surface area contributed by atoms with E-state index in [2.05, 4.69) is 16.7 Å². The van der Waals surface area contributed by atoms with Crippen molar-refractivity contribution in [2.75, 3.05) is 0 Å². The summed E-state index contributed by atoms with van der Waals surface area (Å²) < 4.78 is 1.76. The van der Waals surface area contributed by atoms with E-state index < -0.39 is 0 Å². The molecule has 1 aromatic rings. The van der Waals surface area contributed by atoms with Crippen molar-refractivity contribution >= 4 is 17.5 Å². The maximum atomic E-state index is 4.31. The fourth-order valence-corrected chi connectivity index (χ4v) is 0.999. The van der Waals surface area contributed by atoms with E-state index in [0.29, 0.717) is 0 Å². The van der Waals surface area contributed by atoms with Gasteiger partial charge in [0.2, 0.25) is 0 Å². The van der Waals surface area contributed by atoms with E-state index in [9.17, 15) is 0 Å². The topological polar surface area (TPSA) is 30.2 Å². The van der Waals surface area contributed by atoms with Crippen molar-refractivity contribution in [3.63, 3.8) is 0 Å². The van der Waals surface area contributed by atoms with Crippen molar-refractivity contribution in [2.45, 2.75) is 13.8 Å². The number of hydrogen-bond donors (Lipinski definition) is 0. The number of aromatic nitrogens is 2. The van der Waals surface area contributed by atoms with Gasteiger partial charge >= 0.3 is 0 Å². The van der Waals surface area contributed by atoms with Gasteiger partial charge in [-0.15, -0.1) is 0 Å². The summed E-state index contributed by atoms with van der Waals surface area (Å²) in [5.74, 6) is 0. The molecule has 0 aromatic carbocycles. The molecule has 0 saturated heterocycles. The van der Waals surface area contributed by atoms with E-state index in [-0.39, 0.29) is 0 Å². The molecule has 0 aliphatic heterocycles. The Bertz CT molecular complexity index is 317. The third-order valence-electron chi connectivity index (χ3n) is 1.50. The summed E-state index contributed by atoms with van der Waals surface area (Å²) in [4.78, 5) is 4.31. The molecule has 0 aliphatic carbocycles. The van der Waals surface area contributed by atoms with Crippen LogP contribution in [0.5, 0.6) is 0 Å². The summed E-state index contributed by atoms with van der Waals surface area (Å²) in [6, 6.07) is 0. The first-order valence-electron chi connectivity index (χ1n) is 3.81. The molecular formula is C9H13N3. The second kappa shape index (κ2) is 3.34. The van der Waals surface area contributed by atoms with E-state index in [4.69, 9.17) is 0 Å². The average molecular weight is 163 g/mol. The molecule has 1 heterocycles. The lowest BCUT2D eigenvalue weighted by atomic mass is 10.3. The molecule has 0 saturated carbocycles. The van der Waals surface area contributed by atoms with Gasteiger partial charge in [0.05, 0.1) is 11.9 Å². The Morgan fingerprint density at radius 2 is 2.33 bits per heavy atom. The molecule has 3 heteroatoms. The second-order valence-corrected chi connectivity index (χ2v) is 2.80. The zero-order chi connectivity index (χ0) is 9.14. The SMILES string of the molecule is C=Cc1c(N=C(C)C)cnn1C. The lowest BCUT2D eigenvalue weighted by Crippen LogP contribution is -1.91. The van der Waals surface area contributed by atoms with E-state index >= 15 is 0 Å². The fraction of sp³-hybridized carbons (Fsp3) is 0.333. The molecular weight excluding hydrogens is 150 g/mol. The summed E-state index contributed by atoms with van der Waals surface area (Å²) in [5, 5.41) is 4.08. The number of hydrogen-bond acceptors (Lipinski definition) is 2. The molecule has 0 aliphatic rings. The van der Waals surface area contributed by atoms with Gasteiger partial charge in [0.25, 0.3) is 0 Å². The minimum atomic E-state index is 0.882. The molecule has 0 atom stereocenters. The van der Waals surface area contributed by atoms with Gasteiger partial charge in [0.1, 0.15) is 5.69 Å². The zero-order valence-corrected chi connectivity index (χ0v) is 7.70. The molecule has 0 radical (unpaired) electrons. The van der Waals surface area contributed by atoms with Crippen molar-refractivity contribution in [2.24, 2.45) is 12.0 Å². The van der Waals surface area contributed by atoms with Crippen LogP contribution in [-0.2, 0) is 7.05 Å². The average Bonchev–Trinajstić information content (AvgIpc) is 2.30. The van der Waals surface area contributed by atoms with Crippen LogP contribution in [-0.4, -0.2) is 15.5 Å². The van der Waals surface area contributed by atoms with Gasteiger partial charge in [-0.05, 0) is 19.9 Å². The highest BCUT2D eigenvalue weighted by Crippen LogP contribution is 2.18. The molecule has 3 nitrogen and oxygen atoms in total. The Morgan fingerprint density at radius 3 is 2.83 bits per heavy atom. The third-order valence-corrected chi connectivity index (χ3v) is 1.50.